The standard InChI is InChI=1S/C31H36N8O2/c32-13-2-16-38(17-3-14-33)20-22-5-11-27(12-6-22)39-21-25-18-28(36-29(25)37-31(39)41)23-7-9-24(10-8-23)30(40)35-26-4-1-15-34-19-26/h5-12,15,18-19,21H,1-4,13-14,16-17,20,32-33H2,(H,35,40)(H,36,37,41). The van der Waals surface area contributed by atoms with E-state index in [1.165, 1.54) is 0 Å². The number of hydrogen-bond donors (Lipinski definition) is 4. The zero-order chi connectivity index (χ0) is 28.6. The summed E-state index contributed by atoms with van der Waals surface area (Å²) in [6, 6.07) is 17.3. The normalized spacial score (nSPS) is 13.1. The van der Waals surface area contributed by atoms with Gasteiger partial charge in [-0.05, 0) is 93.3 Å². The first-order chi connectivity index (χ1) is 20.0. The number of fused-ring (bicyclic) bond motifs is 1. The number of nitrogens with two attached hydrogens (primary N) is 2. The third-order valence-electron chi connectivity index (χ3n) is 7.10. The average Bonchev–Trinajstić information content (AvgIpc) is 3.42. The molecule has 1 aliphatic rings. The molecule has 0 atom stereocenters. The van der Waals surface area contributed by atoms with E-state index in [0.717, 1.165) is 78.9 Å². The second kappa shape index (κ2) is 13.3. The number of nitrogens with one attached hydrogen (secondary N) is 2. The molecule has 0 radical (unpaired) electrons. The largest absolute Gasteiger partial charge is 0.354 e. The molecule has 10 heteroatoms. The van der Waals surface area contributed by atoms with Gasteiger partial charge in [0, 0.05) is 47.5 Å². The summed E-state index contributed by atoms with van der Waals surface area (Å²) < 4.78 is 1.56. The van der Waals surface area contributed by atoms with Gasteiger partial charge < -0.3 is 21.8 Å². The van der Waals surface area contributed by atoms with Crippen molar-refractivity contribution in [3.05, 3.63) is 94.3 Å². The van der Waals surface area contributed by atoms with Crippen LogP contribution in [0.4, 0.5) is 0 Å². The molecular weight excluding hydrogens is 516 g/mol. The van der Waals surface area contributed by atoms with Crippen LogP contribution in [-0.2, 0) is 6.54 Å². The van der Waals surface area contributed by atoms with Crippen LogP contribution in [0.15, 0.2) is 82.5 Å². The third-order valence-corrected chi connectivity index (χ3v) is 7.10. The Balaban J connectivity index is 1.30. The van der Waals surface area contributed by atoms with Crippen LogP contribution in [0.5, 0.6) is 0 Å². The van der Waals surface area contributed by atoms with E-state index >= 15 is 0 Å². The number of aromatic amines is 1. The molecule has 5 rings (SSSR count). The molecule has 1 aliphatic heterocycles. The van der Waals surface area contributed by atoms with Crippen LogP contribution in [0.2, 0.25) is 0 Å². The van der Waals surface area contributed by atoms with Gasteiger partial charge in [-0.3, -0.25) is 19.3 Å². The number of carbonyl (C=O) groups excluding carboxylic acids is 1. The van der Waals surface area contributed by atoms with E-state index in [0.29, 0.717) is 24.3 Å². The number of benzene rings is 2. The van der Waals surface area contributed by atoms with Crippen molar-refractivity contribution < 1.29 is 4.79 Å². The quantitative estimate of drug-likeness (QED) is 0.212. The summed E-state index contributed by atoms with van der Waals surface area (Å²) in [6.07, 6.45) is 8.78. The Morgan fingerprint density at radius 2 is 1.76 bits per heavy atom. The number of aromatic nitrogens is 3. The molecule has 0 fully saturated rings. The number of nitrogens with zero attached hydrogens (tertiary/aromatic N) is 4. The summed E-state index contributed by atoms with van der Waals surface area (Å²) >= 11 is 0. The van der Waals surface area contributed by atoms with Gasteiger partial charge in [0.05, 0.1) is 5.69 Å². The minimum atomic E-state index is -0.362. The van der Waals surface area contributed by atoms with Crippen LogP contribution in [0.3, 0.4) is 0 Å². The van der Waals surface area contributed by atoms with Crippen LogP contribution in [0.1, 0.15) is 41.6 Å². The van der Waals surface area contributed by atoms with Gasteiger partial charge >= 0.3 is 5.69 Å². The molecule has 0 bridgehead atoms. The van der Waals surface area contributed by atoms with E-state index in [1.54, 1.807) is 29.1 Å². The Hall–Kier alpha value is -4.38. The van der Waals surface area contributed by atoms with E-state index in [4.69, 9.17) is 11.5 Å². The first-order valence-corrected chi connectivity index (χ1v) is 14.0. The first-order valence-electron chi connectivity index (χ1n) is 14.0. The van der Waals surface area contributed by atoms with Crippen molar-refractivity contribution in [3.8, 4) is 16.9 Å². The highest BCUT2D eigenvalue weighted by molar-refractivity contribution is 5.96. The van der Waals surface area contributed by atoms with Crippen LogP contribution < -0.4 is 22.5 Å². The highest BCUT2D eigenvalue weighted by Crippen LogP contribution is 2.24. The van der Waals surface area contributed by atoms with Crippen molar-refractivity contribution in [2.45, 2.75) is 32.2 Å². The Morgan fingerprint density at radius 1 is 1.02 bits per heavy atom. The predicted octanol–water partition coefficient (Wildman–Crippen LogP) is 3.32. The van der Waals surface area contributed by atoms with E-state index in [-0.39, 0.29) is 11.6 Å². The maximum absolute atomic E-state index is 12.9. The number of carbonyl (C=O) groups is 1. The second-order valence-electron chi connectivity index (χ2n) is 10.2. The van der Waals surface area contributed by atoms with Gasteiger partial charge in [-0.2, -0.15) is 4.98 Å². The van der Waals surface area contributed by atoms with Crippen molar-refractivity contribution in [2.24, 2.45) is 16.5 Å². The maximum atomic E-state index is 12.9. The zero-order valence-corrected chi connectivity index (χ0v) is 23.1. The number of hydrogen-bond acceptors (Lipinski definition) is 7. The van der Waals surface area contributed by atoms with Gasteiger partial charge in [0.15, 0.2) is 0 Å². The summed E-state index contributed by atoms with van der Waals surface area (Å²) in [7, 11) is 0. The van der Waals surface area contributed by atoms with Crippen molar-refractivity contribution in [2.75, 3.05) is 26.2 Å². The zero-order valence-electron chi connectivity index (χ0n) is 23.1. The first kappa shape index (κ1) is 28.2. The predicted molar refractivity (Wildman–Crippen MR) is 163 cm³/mol. The minimum Gasteiger partial charge on any atom is -0.339 e. The van der Waals surface area contributed by atoms with Gasteiger partial charge in [0.25, 0.3) is 5.91 Å². The number of rotatable bonds is 12. The van der Waals surface area contributed by atoms with Gasteiger partial charge in [0.2, 0.25) is 0 Å². The van der Waals surface area contributed by atoms with E-state index < -0.39 is 0 Å². The molecule has 0 spiro atoms. The maximum Gasteiger partial charge on any atom is 0.354 e. The van der Waals surface area contributed by atoms with Crippen LogP contribution in [-0.4, -0.2) is 57.7 Å². The number of amides is 1. The smallest absolute Gasteiger partial charge is 0.339 e. The number of aliphatic imine (C=N–C) groups is 1. The summed E-state index contributed by atoms with van der Waals surface area (Å²) in [5.41, 5.74) is 16.5. The lowest BCUT2D eigenvalue weighted by atomic mass is 10.1. The number of allylic oxidation sites excluding steroid dienone is 1. The Kier molecular flexibility index (Phi) is 9.15. The molecule has 1 amide bonds. The average molecular weight is 553 g/mol. The van der Waals surface area contributed by atoms with Gasteiger partial charge in [-0.15, -0.1) is 0 Å². The molecule has 10 nitrogen and oxygen atoms in total. The summed E-state index contributed by atoms with van der Waals surface area (Å²) in [5.74, 6) is -0.167. The molecule has 2 aromatic heterocycles. The number of H-pyrrole nitrogens is 1. The molecule has 0 saturated heterocycles. The van der Waals surface area contributed by atoms with E-state index in [9.17, 15) is 9.59 Å². The molecule has 3 heterocycles. The lowest BCUT2D eigenvalue weighted by molar-refractivity contribution is 0.0964. The van der Waals surface area contributed by atoms with Crippen molar-refractivity contribution >= 4 is 23.2 Å². The molecule has 2 aromatic carbocycles. The summed E-state index contributed by atoms with van der Waals surface area (Å²) in [4.78, 5) is 39.5. The van der Waals surface area contributed by atoms with E-state index in [1.807, 2.05) is 48.7 Å². The molecule has 4 aromatic rings. The van der Waals surface area contributed by atoms with Gasteiger partial charge in [-0.25, -0.2) is 4.79 Å². The summed E-state index contributed by atoms with van der Waals surface area (Å²) in [6.45, 7) is 3.99. The molecule has 0 unspecified atom stereocenters. The lowest BCUT2D eigenvalue weighted by Gasteiger charge is -2.22. The fourth-order valence-electron chi connectivity index (χ4n) is 4.87. The topological polar surface area (TPSA) is 147 Å². The molecule has 212 valence electrons. The van der Waals surface area contributed by atoms with Gasteiger partial charge in [-0.1, -0.05) is 24.3 Å². The molecular formula is C31H36N8O2. The lowest BCUT2D eigenvalue weighted by Crippen LogP contribution is -2.28. The summed E-state index contributed by atoms with van der Waals surface area (Å²) in [5, 5.41) is 3.72. The Morgan fingerprint density at radius 3 is 2.41 bits per heavy atom. The van der Waals surface area contributed by atoms with E-state index in [2.05, 4.69) is 25.2 Å². The fraction of sp³-hybridized carbons (Fsp3) is 0.290. The van der Waals surface area contributed by atoms with Gasteiger partial charge in [0.1, 0.15) is 5.65 Å². The van der Waals surface area contributed by atoms with Crippen molar-refractivity contribution in [1.82, 2.24) is 24.8 Å². The van der Waals surface area contributed by atoms with Crippen LogP contribution in [0, 0.1) is 0 Å². The highest BCUT2D eigenvalue weighted by Gasteiger charge is 2.12. The third kappa shape index (κ3) is 7.04. The highest BCUT2D eigenvalue weighted by atomic mass is 16.2. The monoisotopic (exact) mass is 552 g/mol. The van der Waals surface area contributed by atoms with Crippen molar-refractivity contribution in [3.63, 3.8) is 0 Å². The van der Waals surface area contributed by atoms with Crippen LogP contribution >= 0.6 is 0 Å². The SMILES string of the molecule is NCCCN(CCCN)Cc1ccc(-n2cc3cc(-c4ccc(C(=O)NC5=CN=CCC5)cc4)[nH]c3nc2=O)cc1. The fourth-order valence-corrected chi connectivity index (χ4v) is 4.87. The molecule has 0 aliphatic carbocycles. The molecule has 0 saturated carbocycles. The molecule has 41 heavy (non-hydrogen) atoms. The van der Waals surface area contributed by atoms with Crippen molar-refractivity contribution in [1.29, 1.82) is 0 Å². The Labute approximate surface area is 238 Å². The van der Waals surface area contributed by atoms with Crippen LogP contribution in [0.25, 0.3) is 28.0 Å². The minimum absolute atomic E-state index is 0.167. The molecule has 6 N–H and O–H groups in total. The second-order valence-corrected chi connectivity index (χ2v) is 10.2. The Bertz CT molecular complexity index is 1590.